The minimum atomic E-state index is 0.491. The molecule has 1 aromatic rings. The molecule has 3 rings (SSSR count). The summed E-state index contributed by atoms with van der Waals surface area (Å²) >= 11 is 0. The van der Waals surface area contributed by atoms with Crippen LogP contribution in [-0.4, -0.2) is 6.04 Å². The molecule has 1 fully saturated rings. The van der Waals surface area contributed by atoms with Crippen LogP contribution in [0.2, 0.25) is 0 Å². The maximum absolute atomic E-state index is 4.29. The van der Waals surface area contributed by atoms with Gasteiger partial charge in [0.15, 0.2) is 0 Å². The van der Waals surface area contributed by atoms with E-state index in [1.165, 1.54) is 48.9 Å². The predicted molar refractivity (Wildman–Crippen MR) is 113 cm³/mol. The molecule has 26 heavy (non-hydrogen) atoms. The standard InChI is InChI=1S/C25H35N/c1-5-25(17-16-23-13-8-20(3)9-14-23)18-24(25)26-21(4)10-15-22-11-6-19(2)7-12-22/h6-8,11-14,20,24,26H,4-5,9-10,15-18H2,1-3H3. The van der Waals surface area contributed by atoms with E-state index in [1.807, 2.05) is 0 Å². The second-order valence-corrected chi connectivity index (χ2v) is 8.56. The number of allylic oxidation sites excluding steroid dienone is 5. The van der Waals surface area contributed by atoms with Crippen LogP contribution in [0, 0.1) is 18.3 Å². The molecular formula is C25H35N. The number of nitrogens with one attached hydrogen (secondary N) is 1. The lowest BCUT2D eigenvalue weighted by Crippen LogP contribution is -2.22. The minimum Gasteiger partial charge on any atom is -0.385 e. The monoisotopic (exact) mass is 349 g/mol. The molecule has 2 aliphatic carbocycles. The summed E-state index contributed by atoms with van der Waals surface area (Å²) in [6, 6.07) is 9.50. The lowest BCUT2D eigenvalue weighted by Gasteiger charge is -2.19. The van der Waals surface area contributed by atoms with Crippen molar-refractivity contribution in [2.75, 3.05) is 0 Å². The molecule has 1 saturated carbocycles. The molecular weight excluding hydrogens is 314 g/mol. The zero-order valence-electron chi connectivity index (χ0n) is 16.9. The first-order chi connectivity index (χ1) is 12.5. The highest BCUT2D eigenvalue weighted by molar-refractivity contribution is 5.25. The van der Waals surface area contributed by atoms with Crippen molar-refractivity contribution < 1.29 is 0 Å². The number of hydrogen-bond donors (Lipinski definition) is 1. The molecule has 0 spiro atoms. The van der Waals surface area contributed by atoms with Crippen LogP contribution in [0.4, 0.5) is 0 Å². The van der Waals surface area contributed by atoms with Gasteiger partial charge in [-0.3, -0.25) is 0 Å². The topological polar surface area (TPSA) is 12.0 Å². The van der Waals surface area contributed by atoms with Gasteiger partial charge in [0.25, 0.3) is 0 Å². The molecule has 140 valence electrons. The van der Waals surface area contributed by atoms with Gasteiger partial charge in [0.05, 0.1) is 0 Å². The lowest BCUT2D eigenvalue weighted by atomic mass is 9.90. The van der Waals surface area contributed by atoms with E-state index in [1.54, 1.807) is 5.57 Å². The quantitative estimate of drug-likeness (QED) is 0.536. The largest absolute Gasteiger partial charge is 0.385 e. The Balaban J connectivity index is 1.42. The van der Waals surface area contributed by atoms with Gasteiger partial charge in [-0.2, -0.15) is 0 Å². The number of aryl methyl sites for hydroxylation is 2. The maximum atomic E-state index is 4.29. The Kier molecular flexibility index (Phi) is 6.06. The average molecular weight is 350 g/mol. The van der Waals surface area contributed by atoms with Crippen LogP contribution < -0.4 is 5.32 Å². The molecule has 0 aromatic heterocycles. The van der Waals surface area contributed by atoms with Gasteiger partial charge in [0.1, 0.15) is 0 Å². The van der Waals surface area contributed by atoms with E-state index in [9.17, 15) is 0 Å². The summed E-state index contributed by atoms with van der Waals surface area (Å²) in [6.45, 7) is 11.1. The van der Waals surface area contributed by atoms with Crippen molar-refractivity contribution in [1.29, 1.82) is 0 Å². The van der Waals surface area contributed by atoms with Gasteiger partial charge in [0, 0.05) is 11.7 Å². The van der Waals surface area contributed by atoms with E-state index in [0.717, 1.165) is 12.8 Å². The highest BCUT2D eigenvalue weighted by atomic mass is 15.0. The second kappa shape index (κ2) is 8.29. The van der Waals surface area contributed by atoms with Crippen LogP contribution in [-0.2, 0) is 6.42 Å². The normalized spacial score (nSPS) is 27.1. The van der Waals surface area contributed by atoms with Gasteiger partial charge < -0.3 is 5.32 Å². The summed E-state index contributed by atoms with van der Waals surface area (Å²) in [5.74, 6) is 0.714. The fourth-order valence-electron chi connectivity index (χ4n) is 4.11. The molecule has 0 saturated heterocycles. The van der Waals surface area contributed by atoms with Gasteiger partial charge >= 0.3 is 0 Å². The maximum Gasteiger partial charge on any atom is 0.0321 e. The van der Waals surface area contributed by atoms with Crippen molar-refractivity contribution in [1.82, 2.24) is 5.32 Å². The highest BCUT2D eigenvalue weighted by Gasteiger charge is 2.51. The van der Waals surface area contributed by atoms with Crippen LogP contribution in [0.15, 0.2) is 60.3 Å². The van der Waals surface area contributed by atoms with Crippen LogP contribution in [0.5, 0.6) is 0 Å². The molecule has 0 heterocycles. The van der Waals surface area contributed by atoms with E-state index in [-0.39, 0.29) is 0 Å². The summed E-state index contributed by atoms with van der Waals surface area (Å²) in [6.07, 6.45) is 15.6. The summed E-state index contributed by atoms with van der Waals surface area (Å²) < 4.78 is 0. The molecule has 0 amide bonds. The summed E-state index contributed by atoms with van der Waals surface area (Å²) in [4.78, 5) is 0. The molecule has 0 aliphatic heterocycles. The van der Waals surface area contributed by atoms with Crippen LogP contribution in [0.3, 0.4) is 0 Å². The Hall–Kier alpha value is -1.76. The summed E-state index contributed by atoms with van der Waals surface area (Å²) in [5.41, 5.74) is 5.97. The smallest absolute Gasteiger partial charge is 0.0321 e. The van der Waals surface area contributed by atoms with E-state index in [4.69, 9.17) is 0 Å². The third-order valence-corrected chi connectivity index (χ3v) is 6.41. The second-order valence-electron chi connectivity index (χ2n) is 8.56. The van der Waals surface area contributed by atoms with E-state index < -0.39 is 0 Å². The highest BCUT2D eigenvalue weighted by Crippen LogP contribution is 2.53. The molecule has 3 atom stereocenters. The predicted octanol–water partition coefficient (Wildman–Crippen LogP) is 6.50. The number of rotatable bonds is 9. The van der Waals surface area contributed by atoms with Crippen molar-refractivity contribution in [3.05, 3.63) is 71.5 Å². The molecule has 1 nitrogen and oxygen atoms in total. The summed E-state index contributed by atoms with van der Waals surface area (Å²) in [5, 5.41) is 3.74. The molecule has 1 aromatic carbocycles. The van der Waals surface area contributed by atoms with Crippen LogP contribution >= 0.6 is 0 Å². The van der Waals surface area contributed by atoms with Crippen LogP contribution in [0.25, 0.3) is 0 Å². The SMILES string of the molecule is C=C(CCc1ccc(C)cc1)NC1CC1(CC)CCC1=CCC(C)C=C1. The molecule has 2 aliphatic rings. The van der Waals surface area contributed by atoms with Gasteiger partial charge in [-0.05, 0) is 68.8 Å². The average Bonchev–Trinajstić information content (AvgIpc) is 3.33. The third kappa shape index (κ3) is 4.90. The van der Waals surface area contributed by atoms with E-state index >= 15 is 0 Å². The Morgan fingerprint density at radius 3 is 2.65 bits per heavy atom. The number of benzene rings is 1. The Morgan fingerprint density at radius 2 is 2.00 bits per heavy atom. The van der Waals surface area contributed by atoms with Crippen molar-refractivity contribution in [3.63, 3.8) is 0 Å². The van der Waals surface area contributed by atoms with E-state index in [0.29, 0.717) is 17.4 Å². The van der Waals surface area contributed by atoms with Gasteiger partial charge in [-0.1, -0.05) is 74.1 Å². The zero-order valence-corrected chi connectivity index (χ0v) is 16.9. The first kappa shape index (κ1) is 19.0. The Bertz CT molecular complexity index is 679. The van der Waals surface area contributed by atoms with Crippen LogP contribution in [0.1, 0.15) is 63.5 Å². The molecule has 3 unspecified atom stereocenters. The molecule has 0 radical (unpaired) electrons. The Labute approximate surface area is 160 Å². The van der Waals surface area contributed by atoms with Gasteiger partial charge in [-0.25, -0.2) is 0 Å². The lowest BCUT2D eigenvalue weighted by molar-refractivity contribution is 0.415. The number of hydrogen-bond acceptors (Lipinski definition) is 1. The van der Waals surface area contributed by atoms with Crippen molar-refractivity contribution in [2.24, 2.45) is 11.3 Å². The van der Waals surface area contributed by atoms with Crippen molar-refractivity contribution in [2.45, 2.75) is 71.8 Å². The fraction of sp³-hybridized carbons (Fsp3) is 0.520. The first-order valence-corrected chi connectivity index (χ1v) is 10.4. The zero-order chi connectivity index (χ0) is 18.6. The fourth-order valence-corrected chi connectivity index (χ4v) is 4.11. The Morgan fingerprint density at radius 1 is 1.23 bits per heavy atom. The van der Waals surface area contributed by atoms with Crippen molar-refractivity contribution in [3.8, 4) is 0 Å². The van der Waals surface area contributed by atoms with E-state index in [2.05, 4.69) is 75.2 Å². The summed E-state index contributed by atoms with van der Waals surface area (Å²) in [7, 11) is 0. The van der Waals surface area contributed by atoms with Gasteiger partial charge in [-0.15, -0.1) is 0 Å². The molecule has 1 N–H and O–H groups in total. The third-order valence-electron chi connectivity index (χ3n) is 6.41. The molecule has 0 bridgehead atoms. The first-order valence-electron chi connectivity index (χ1n) is 10.4. The minimum absolute atomic E-state index is 0.491. The van der Waals surface area contributed by atoms with Gasteiger partial charge in [0.2, 0.25) is 0 Å². The van der Waals surface area contributed by atoms with Crippen molar-refractivity contribution >= 4 is 0 Å². The molecule has 1 heteroatoms.